The molecule has 0 aliphatic carbocycles. The van der Waals surface area contributed by atoms with Crippen LogP contribution in [-0.4, -0.2) is 30.3 Å². The third-order valence-corrected chi connectivity index (χ3v) is 2.66. The molecule has 0 N–H and O–H groups in total. The molecule has 0 radical (unpaired) electrons. The zero-order valence-corrected chi connectivity index (χ0v) is 8.41. The average molecular weight is 181 g/mol. The second kappa shape index (κ2) is 5.92. The van der Waals surface area contributed by atoms with E-state index >= 15 is 0 Å². The molecule has 1 atom stereocenters. The maximum Gasteiger partial charge on any atom is 0.123 e. The van der Waals surface area contributed by atoms with Crippen molar-refractivity contribution in [1.82, 2.24) is 4.90 Å². The quantitative estimate of drug-likeness (QED) is 0.488. The summed E-state index contributed by atoms with van der Waals surface area (Å²) in [6.45, 7) is 4.54. The predicted molar refractivity (Wildman–Crippen MR) is 54.7 cm³/mol. The average Bonchev–Trinajstić information content (AvgIpc) is 2.19. The molecule has 0 amide bonds. The van der Waals surface area contributed by atoms with Gasteiger partial charge in [-0.3, -0.25) is 4.90 Å². The molecule has 0 bridgehead atoms. The number of carbonyl (C=O) groups excluding carboxylic acids is 1. The Bertz CT molecular complexity index is 177. The number of rotatable bonds is 4. The number of carbonyl (C=O) groups is 1. The lowest BCUT2D eigenvalue weighted by molar-refractivity contribution is -0.107. The maximum atomic E-state index is 10.1. The van der Waals surface area contributed by atoms with Gasteiger partial charge in [-0.15, -0.1) is 0 Å². The molecule has 1 aliphatic heterocycles. The largest absolute Gasteiger partial charge is 0.303 e. The van der Waals surface area contributed by atoms with Gasteiger partial charge in [0, 0.05) is 12.5 Å². The number of aldehydes is 1. The van der Waals surface area contributed by atoms with Crippen molar-refractivity contribution in [2.24, 2.45) is 0 Å². The monoisotopic (exact) mass is 181 g/mol. The number of likely N-dealkylation sites (tertiary alicyclic amines) is 1. The standard InChI is InChI=1S/C11H19NO/c1-2-12-9-5-3-7-11(12)8-4-6-10-13/h4,8,10-11H,2-3,5-7,9H2,1H3/b8-4-. The molecule has 0 aromatic heterocycles. The minimum atomic E-state index is 0.564. The highest BCUT2D eigenvalue weighted by Crippen LogP contribution is 2.17. The van der Waals surface area contributed by atoms with E-state index in [0.717, 1.165) is 12.8 Å². The molecule has 1 unspecified atom stereocenters. The first-order valence-electron chi connectivity index (χ1n) is 5.22. The van der Waals surface area contributed by atoms with Crippen molar-refractivity contribution in [2.75, 3.05) is 13.1 Å². The van der Waals surface area contributed by atoms with Gasteiger partial charge in [0.25, 0.3) is 0 Å². The first kappa shape index (κ1) is 10.5. The van der Waals surface area contributed by atoms with E-state index in [2.05, 4.69) is 17.9 Å². The van der Waals surface area contributed by atoms with Gasteiger partial charge >= 0.3 is 0 Å². The molecule has 1 aliphatic rings. The van der Waals surface area contributed by atoms with E-state index < -0.39 is 0 Å². The smallest absolute Gasteiger partial charge is 0.123 e. The van der Waals surface area contributed by atoms with Crippen LogP contribution in [0.25, 0.3) is 0 Å². The van der Waals surface area contributed by atoms with Crippen LogP contribution in [0, 0.1) is 0 Å². The van der Waals surface area contributed by atoms with Crippen LogP contribution >= 0.6 is 0 Å². The molecular formula is C11H19NO. The summed E-state index contributed by atoms with van der Waals surface area (Å²) in [5.41, 5.74) is 0. The number of hydrogen-bond acceptors (Lipinski definition) is 2. The summed E-state index contributed by atoms with van der Waals surface area (Å²) >= 11 is 0. The van der Waals surface area contributed by atoms with Crippen molar-refractivity contribution in [2.45, 2.75) is 38.6 Å². The number of hydrogen-bond donors (Lipinski definition) is 0. The Labute approximate surface area is 80.6 Å². The summed E-state index contributed by atoms with van der Waals surface area (Å²) in [6, 6.07) is 0.582. The Hall–Kier alpha value is -0.630. The highest BCUT2D eigenvalue weighted by molar-refractivity contribution is 5.51. The van der Waals surface area contributed by atoms with Crippen LogP contribution in [0.15, 0.2) is 12.2 Å². The Morgan fingerprint density at radius 2 is 2.31 bits per heavy atom. The molecule has 0 saturated carbocycles. The highest BCUT2D eigenvalue weighted by atomic mass is 16.1. The summed E-state index contributed by atoms with van der Waals surface area (Å²) in [6.07, 6.45) is 9.61. The number of allylic oxidation sites excluding steroid dienone is 1. The Morgan fingerprint density at radius 3 is 3.00 bits per heavy atom. The molecule has 1 fully saturated rings. The third kappa shape index (κ3) is 3.31. The Kier molecular flexibility index (Phi) is 4.76. The Morgan fingerprint density at radius 1 is 1.46 bits per heavy atom. The van der Waals surface area contributed by atoms with Crippen molar-refractivity contribution in [3.05, 3.63) is 12.2 Å². The summed E-state index contributed by atoms with van der Waals surface area (Å²) < 4.78 is 0. The fourth-order valence-corrected chi connectivity index (χ4v) is 1.92. The van der Waals surface area contributed by atoms with E-state index in [1.54, 1.807) is 0 Å². The molecule has 74 valence electrons. The van der Waals surface area contributed by atoms with Gasteiger partial charge in [0.1, 0.15) is 6.29 Å². The van der Waals surface area contributed by atoms with Crippen molar-refractivity contribution in [3.63, 3.8) is 0 Å². The summed E-state index contributed by atoms with van der Waals surface area (Å²) in [7, 11) is 0. The first-order valence-corrected chi connectivity index (χ1v) is 5.22. The molecule has 1 saturated heterocycles. The zero-order chi connectivity index (χ0) is 9.52. The van der Waals surface area contributed by atoms with E-state index in [0.29, 0.717) is 12.5 Å². The van der Waals surface area contributed by atoms with Crippen LogP contribution in [0.1, 0.15) is 32.6 Å². The molecule has 0 aromatic carbocycles. The van der Waals surface area contributed by atoms with Crippen molar-refractivity contribution >= 4 is 6.29 Å². The second-order valence-corrected chi connectivity index (χ2v) is 3.52. The lowest BCUT2D eigenvalue weighted by Gasteiger charge is -2.32. The minimum absolute atomic E-state index is 0.564. The van der Waals surface area contributed by atoms with Gasteiger partial charge in [-0.1, -0.05) is 25.5 Å². The third-order valence-electron chi connectivity index (χ3n) is 2.66. The molecule has 1 rings (SSSR count). The molecule has 2 nitrogen and oxygen atoms in total. The minimum Gasteiger partial charge on any atom is -0.303 e. The van der Waals surface area contributed by atoms with Gasteiger partial charge in [-0.2, -0.15) is 0 Å². The van der Waals surface area contributed by atoms with Crippen molar-refractivity contribution in [3.8, 4) is 0 Å². The summed E-state index contributed by atoms with van der Waals surface area (Å²) in [4.78, 5) is 12.6. The van der Waals surface area contributed by atoms with Crippen LogP contribution in [0.2, 0.25) is 0 Å². The molecule has 13 heavy (non-hydrogen) atoms. The van der Waals surface area contributed by atoms with Crippen LogP contribution in [0.3, 0.4) is 0 Å². The lowest BCUT2D eigenvalue weighted by Crippen LogP contribution is -2.37. The summed E-state index contributed by atoms with van der Waals surface area (Å²) in [5.74, 6) is 0. The van der Waals surface area contributed by atoms with Gasteiger partial charge in [-0.05, 0) is 25.9 Å². The van der Waals surface area contributed by atoms with Crippen LogP contribution in [0.5, 0.6) is 0 Å². The van der Waals surface area contributed by atoms with Crippen molar-refractivity contribution in [1.29, 1.82) is 0 Å². The number of likely N-dealkylation sites (N-methyl/N-ethyl adjacent to an activating group) is 1. The van der Waals surface area contributed by atoms with E-state index in [9.17, 15) is 4.79 Å². The predicted octanol–water partition coefficient (Wildman–Crippen LogP) is 2.01. The normalized spacial score (nSPS) is 25.2. The van der Waals surface area contributed by atoms with Gasteiger partial charge in [0.15, 0.2) is 0 Å². The molecule has 2 heteroatoms. The van der Waals surface area contributed by atoms with E-state index in [1.807, 2.05) is 6.08 Å². The molecule has 1 heterocycles. The van der Waals surface area contributed by atoms with Gasteiger partial charge < -0.3 is 4.79 Å². The van der Waals surface area contributed by atoms with Gasteiger partial charge in [0.2, 0.25) is 0 Å². The topological polar surface area (TPSA) is 20.3 Å². The Balaban J connectivity index is 2.39. The highest BCUT2D eigenvalue weighted by Gasteiger charge is 2.17. The van der Waals surface area contributed by atoms with Crippen LogP contribution < -0.4 is 0 Å². The van der Waals surface area contributed by atoms with E-state index in [4.69, 9.17) is 0 Å². The van der Waals surface area contributed by atoms with Crippen molar-refractivity contribution < 1.29 is 4.79 Å². The van der Waals surface area contributed by atoms with Crippen LogP contribution in [0.4, 0.5) is 0 Å². The van der Waals surface area contributed by atoms with Gasteiger partial charge in [-0.25, -0.2) is 0 Å². The first-order chi connectivity index (χ1) is 6.38. The van der Waals surface area contributed by atoms with Crippen LogP contribution in [-0.2, 0) is 4.79 Å². The second-order valence-electron chi connectivity index (χ2n) is 3.52. The molecule has 0 spiro atoms. The number of piperidine rings is 1. The molecule has 0 aromatic rings. The fraction of sp³-hybridized carbons (Fsp3) is 0.727. The lowest BCUT2D eigenvalue weighted by atomic mass is 10.0. The fourth-order valence-electron chi connectivity index (χ4n) is 1.92. The number of nitrogens with zero attached hydrogens (tertiary/aromatic N) is 1. The van der Waals surface area contributed by atoms with Gasteiger partial charge in [0.05, 0.1) is 0 Å². The molecular weight excluding hydrogens is 162 g/mol. The summed E-state index contributed by atoms with van der Waals surface area (Å²) in [5, 5.41) is 0. The SMILES string of the molecule is CCN1CCCCC1/C=C\CC=O. The van der Waals surface area contributed by atoms with E-state index in [1.165, 1.54) is 25.8 Å². The maximum absolute atomic E-state index is 10.1. The van der Waals surface area contributed by atoms with E-state index in [-0.39, 0.29) is 0 Å². The zero-order valence-electron chi connectivity index (χ0n) is 8.41.